The Balaban J connectivity index is 1.32. The smallest absolute Gasteiger partial charge is 0.301 e. The van der Waals surface area contributed by atoms with Gasteiger partial charge < -0.3 is 34.4 Å². The highest BCUT2D eigenvalue weighted by Crippen LogP contribution is 2.19. The lowest BCUT2D eigenvalue weighted by atomic mass is 10.1. The van der Waals surface area contributed by atoms with Crippen LogP contribution in [0, 0.1) is 0 Å². The monoisotopic (exact) mass is 777 g/mol. The van der Waals surface area contributed by atoms with Gasteiger partial charge in [-0.25, -0.2) is 19.9 Å². The molecule has 2 aromatic heterocycles. The molecule has 0 radical (unpaired) electrons. The number of carbonyl (C=O) groups is 2. The van der Waals surface area contributed by atoms with Crippen molar-refractivity contribution in [3.8, 4) is 0 Å². The summed E-state index contributed by atoms with van der Waals surface area (Å²) in [6.07, 6.45) is 2.61. The molecule has 17 nitrogen and oxygen atoms in total. The molecule has 286 valence electrons. The molecule has 0 fully saturated rings. The van der Waals surface area contributed by atoms with Gasteiger partial charge in [0.15, 0.2) is 50.9 Å². The highest BCUT2D eigenvalue weighted by molar-refractivity contribution is 6.32. The number of anilines is 4. The maximum atomic E-state index is 12.7. The molecule has 2 aromatic carbocycles. The fourth-order valence-electron chi connectivity index (χ4n) is 5.38. The average molecular weight is 779 g/mol. The lowest BCUT2D eigenvalue weighted by Crippen LogP contribution is -2.38. The highest BCUT2D eigenvalue weighted by Gasteiger charge is 2.18. The van der Waals surface area contributed by atoms with Crippen LogP contribution in [-0.4, -0.2) is 86.1 Å². The van der Waals surface area contributed by atoms with Crippen LogP contribution in [0.5, 0.6) is 0 Å². The van der Waals surface area contributed by atoms with Gasteiger partial charge in [0.2, 0.25) is 0 Å². The number of benzene rings is 2. The van der Waals surface area contributed by atoms with Crippen LogP contribution >= 0.6 is 23.2 Å². The molecule has 0 bridgehead atoms. The van der Waals surface area contributed by atoms with E-state index in [-0.39, 0.29) is 56.8 Å². The molecule has 4 aromatic rings. The summed E-state index contributed by atoms with van der Waals surface area (Å²) >= 11 is 11.8. The summed E-state index contributed by atoms with van der Waals surface area (Å²) in [5.41, 5.74) is 36.8. The average Bonchev–Trinajstić information content (AvgIpc) is 3.13. The second kappa shape index (κ2) is 20.6. The molecule has 0 aliphatic carbocycles. The van der Waals surface area contributed by atoms with Gasteiger partial charge in [0.1, 0.15) is 5.84 Å². The lowest BCUT2D eigenvalue weighted by molar-refractivity contribution is 0.0970. The van der Waals surface area contributed by atoms with Crippen molar-refractivity contribution in [2.24, 2.45) is 21.5 Å². The molecule has 0 atom stereocenters. The van der Waals surface area contributed by atoms with E-state index in [4.69, 9.17) is 57.6 Å². The molecule has 0 saturated heterocycles. The summed E-state index contributed by atoms with van der Waals surface area (Å²) in [6, 6.07) is 20.4. The predicted octanol–water partition coefficient (Wildman–Crippen LogP) is 2.71. The van der Waals surface area contributed by atoms with E-state index in [9.17, 15) is 9.59 Å². The Labute approximate surface area is 323 Å². The normalized spacial score (nSPS) is 12.0. The van der Waals surface area contributed by atoms with Crippen LogP contribution in [0.1, 0.15) is 57.8 Å². The molecule has 54 heavy (non-hydrogen) atoms. The number of hydrogen-bond donors (Lipinski definition) is 7. The van der Waals surface area contributed by atoms with Crippen LogP contribution in [0.25, 0.3) is 0 Å². The number of halogens is 2. The van der Waals surface area contributed by atoms with E-state index in [2.05, 4.69) is 69.3 Å². The number of aromatic nitrogens is 4. The van der Waals surface area contributed by atoms with Gasteiger partial charge in [-0.15, -0.1) is 0 Å². The van der Waals surface area contributed by atoms with Crippen molar-refractivity contribution in [2.45, 2.75) is 38.8 Å². The van der Waals surface area contributed by atoms with Crippen LogP contribution in [0.2, 0.25) is 10.3 Å². The lowest BCUT2D eigenvalue weighted by Gasteiger charge is -2.26. The summed E-state index contributed by atoms with van der Waals surface area (Å²) in [5, 5.41) is 2.19. The summed E-state index contributed by atoms with van der Waals surface area (Å²) in [5.74, 6) is -1.86. The van der Waals surface area contributed by atoms with Crippen molar-refractivity contribution in [1.82, 2.24) is 35.1 Å². The Kier molecular flexibility index (Phi) is 15.7. The van der Waals surface area contributed by atoms with Crippen LogP contribution in [0.15, 0.2) is 70.6 Å². The number of amidine groups is 1. The van der Waals surface area contributed by atoms with Gasteiger partial charge in [0.05, 0.1) is 0 Å². The van der Waals surface area contributed by atoms with E-state index in [1.807, 2.05) is 36.4 Å². The van der Waals surface area contributed by atoms with E-state index < -0.39 is 11.8 Å². The third kappa shape index (κ3) is 13.1. The quantitative estimate of drug-likeness (QED) is 0.0435. The highest BCUT2D eigenvalue weighted by atomic mass is 35.5. The maximum Gasteiger partial charge on any atom is 0.301 e. The molecular weight excluding hydrogens is 733 g/mol. The number of aliphatic imine (C=N–C) groups is 2. The zero-order chi connectivity index (χ0) is 39.0. The van der Waals surface area contributed by atoms with Crippen molar-refractivity contribution in [3.63, 3.8) is 0 Å². The zero-order valence-corrected chi connectivity index (χ0v) is 31.2. The van der Waals surface area contributed by atoms with Crippen LogP contribution in [0.3, 0.4) is 0 Å². The minimum absolute atomic E-state index is 0.0770. The van der Waals surface area contributed by atoms with Crippen LogP contribution < -0.4 is 39.7 Å². The summed E-state index contributed by atoms with van der Waals surface area (Å²) in [7, 11) is 0. The van der Waals surface area contributed by atoms with E-state index in [0.717, 1.165) is 39.1 Å². The minimum Gasteiger partial charge on any atom is -0.387 e. The number of nitrogen functional groups attached to an aromatic ring is 4. The number of nitrogens with zero attached hydrogens (tertiary/aromatic N) is 8. The van der Waals surface area contributed by atoms with Gasteiger partial charge in [-0.05, 0) is 50.0 Å². The Morgan fingerprint density at radius 3 is 1.69 bits per heavy atom. The zero-order valence-electron chi connectivity index (χ0n) is 29.7. The van der Waals surface area contributed by atoms with Crippen LogP contribution in [-0.2, 0) is 13.1 Å². The first-order valence-electron chi connectivity index (χ1n) is 17.1. The molecule has 19 heteroatoms. The molecule has 4 rings (SSSR count). The van der Waals surface area contributed by atoms with Crippen LogP contribution in [0.4, 0.5) is 23.3 Å². The van der Waals surface area contributed by atoms with Gasteiger partial charge in [-0.2, -0.15) is 4.99 Å². The van der Waals surface area contributed by atoms with Gasteiger partial charge >= 0.3 is 5.91 Å². The molecule has 0 saturated carbocycles. The van der Waals surface area contributed by atoms with Crippen molar-refractivity contribution in [1.29, 1.82) is 0 Å². The van der Waals surface area contributed by atoms with Crippen molar-refractivity contribution < 1.29 is 9.59 Å². The molecule has 0 unspecified atom stereocenters. The van der Waals surface area contributed by atoms with Gasteiger partial charge in [0.25, 0.3) is 5.91 Å². The number of nitrogens with two attached hydrogens (primary N) is 6. The minimum atomic E-state index is -0.735. The van der Waals surface area contributed by atoms with Crippen molar-refractivity contribution in [3.05, 3.63) is 93.5 Å². The molecular formula is C35H45Cl2N15O2. The Morgan fingerprint density at radius 1 is 0.648 bits per heavy atom. The van der Waals surface area contributed by atoms with E-state index in [1.54, 1.807) is 0 Å². The number of carbonyl (C=O) groups excluding carboxylic acids is 2. The first kappa shape index (κ1) is 41.1. The molecule has 2 amide bonds. The molecule has 2 heterocycles. The van der Waals surface area contributed by atoms with Crippen molar-refractivity contribution >= 4 is 70.1 Å². The predicted molar refractivity (Wildman–Crippen MR) is 214 cm³/mol. The SMILES string of the molecule is NC(CCCN(CCCN(CCCN=C(N)NC(=O)c1nc(Cl)c(N)nc1N)Cc1ccccc1)Cc1ccccc1)=NC(=O)c1nc(Cl)c(N)nc1N. The standard InChI is InChI=1S/C35H45Cl2N15O2/c36-27-31(41)48-29(39)25(46-27)33(53)45-24(38)14-7-16-51(20-22-10-3-1-4-11-22)18-9-19-52(21-23-12-5-2-6-13-23)17-8-15-44-35(43)50-34(54)26-30(40)49-32(42)28(37)47-26/h1-6,10-13H,7-9,14-21H2,(H2,38,45,53)(H4,39,41,48)(H4,40,42,49)(H3,43,44,50,54). The van der Waals surface area contributed by atoms with Gasteiger partial charge in [-0.1, -0.05) is 83.9 Å². The molecule has 0 aliphatic heterocycles. The first-order chi connectivity index (χ1) is 25.9. The van der Waals surface area contributed by atoms with Gasteiger partial charge in [-0.3, -0.25) is 29.7 Å². The summed E-state index contributed by atoms with van der Waals surface area (Å²) in [6.45, 7) is 4.94. The first-order valence-corrected chi connectivity index (χ1v) is 17.8. The van der Waals surface area contributed by atoms with E-state index in [0.29, 0.717) is 32.4 Å². The topological polar surface area (TPSA) is 285 Å². The second-order valence-corrected chi connectivity index (χ2v) is 12.9. The van der Waals surface area contributed by atoms with E-state index in [1.165, 1.54) is 11.1 Å². The van der Waals surface area contributed by atoms with Crippen molar-refractivity contribution in [2.75, 3.05) is 55.7 Å². The van der Waals surface area contributed by atoms with E-state index >= 15 is 0 Å². The number of nitrogens with one attached hydrogen (secondary N) is 1. The fourth-order valence-corrected chi connectivity index (χ4v) is 5.63. The summed E-state index contributed by atoms with van der Waals surface area (Å²) < 4.78 is 0. The number of amides is 2. The largest absolute Gasteiger partial charge is 0.387 e. The molecule has 0 aliphatic rings. The Morgan fingerprint density at radius 2 is 1.13 bits per heavy atom. The maximum absolute atomic E-state index is 12.7. The summed E-state index contributed by atoms with van der Waals surface area (Å²) in [4.78, 5) is 53.6. The molecule has 13 N–H and O–H groups in total. The third-order valence-corrected chi connectivity index (χ3v) is 8.54. The Hall–Kier alpha value is -5.62. The number of rotatable bonds is 18. The Bertz CT molecular complexity index is 1930. The van der Waals surface area contributed by atoms with Gasteiger partial charge in [0, 0.05) is 32.6 Å². The number of guanidine groups is 1. The second-order valence-electron chi connectivity index (χ2n) is 12.2. The molecule has 0 spiro atoms. The third-order valence-electron chi connectivity index (χ3n) is 7.98. The number of hydrogen-bond acceptors (Lipinski definition) is 13. The fraction of sp³-hybridized carbons (Fsp3) is 0.314.